The van der Waals surface area contributed by atoms with Crippen LogP contribution in [-0.4, -0.2) is 15.0 Å². The highest BCUT2D eigenvalue weighted by Gasteiger charge is 2.17. The van der Waals surface area contributed by atoms with Gasteiger partial charge in [-0.1, -0.05) is 152 Å². The Hall–Kier alpha value is -6.75. The third kappa shape index (κ3) is 5.85. The molecule has 10 rings (SSSR count). The van der Waals surface area contributed by atoms with Crippen LogP contribution < -0.4 is 0 Å². The quantitative estimate of drug-likeness (QED) is 0.174. The van der Waals surface area contributed by atoms with Crippen LogP contribution >= 0.6 is 11.3 Å². The highest BCUT2D eigenvalue weighted by atomic mass is 32.1. The van der Waals surface area contributed by atoms with Gasteiger partial charge in [-0.05, 0) is 80.6 Å². The SMILES string of the molecule is c1ccc(-c2nc(-c3ccccc3)nc(-c3cccc4sc5ccc(-c6cccc(-c7cccc(-c8ccc9ccccc9c8)c7)c6)cc5c34)n2)cc1. The van der Waals surface area contributed by atoms with E-state index in [1.165, 1.54) is 58.9 Å². The molecule has 0 aliphatic carbocycles. The second-order valence-electron chi connectivity index (χ2n) is 13.3. The van der Waals surface area contributed by atoms with Crippen LogP contribution in [0.4, 0.5) is 0 Å². The normalized spacial score (nSPS) is 11.4. The zero-order chi connectivity index (χ0) is 35.1. The second kappa shape index (κ2) is 13.1. The summed E-state index contributed by atoms with van der Waals surface area (Å²) in [7, 11) is 0. The molecule has 0 atom stereocenters. The zero-order valence-electron chi connectivity index (χ0n) is 28.6. The molecule has 0 saturated heterocycles. The van der Waals surface area contributed by atoms with Crippen molar-refractivity contribution in [2.45, 2.75) is 0 Å². The number of hydrogen-bond donors (Lipinski definition) is 0. The van der Waals surface area contributed by atoms with E-state index in [1.807, 2.05) is 36.4 Å². The molecule has 0 radical (unpaired) electrons. The molecule has 0 unspecified atom stereocenters. The van der Waals surface area contributed by atoms with Crippen molar-refractivity contribution in [2.24, 2.45) is 0 Å². The number of fused-ring (bicyclic) bond motifs is 4. The van der Waals surface area contributed by atoms with Crippen LogP contribution in [0.5, 0.6) is 0 Å². The van der Waals surface area contributed by atoms with E-state index in [4.69, 9.17) is 15.0 Å². The molecule has 0 aliphatic rings. The van der Waals surface area contributed by atoms with Crippen LogP contribution in [-0.2, 0) is 0 Å². The van der Waals surface area contributed by atoms with Gasteiger partial charge in [-0.25, -0.2) is 15.0 Å². The van der Waals surface area contributed by atoms with Crippen molar-refractivity contribution in [3.05, 3.63) is 188 Å². The van der Waals surface area contributed by atoms with Gasteiger partial charge in [0, 0.05) is 36.9 Å². The highest BCUT2D eigenvalue weighted by molar-refractivity contribution is 7.26. The number of aromatic nitrogens is 3. The number of rotatable bonds is 6. The van der Waals surface area contributed by atoms with Gasteiger partial charge in [0.1, 0.15) is 0 Å². The molecule has 0 amide bonds. The first kappa shape index (κ1) is 31.0. The van der Waals surface area contributed by atoms with Crippen LogP contribution in [0.25, 0.3) is 98.5 Å². The van der Waals surface area contributed by atoms with Crippen molar-refractivity contribution in [3.63, 3.8) is 0 Å². The average Bonchev–Trinajstić information content (AvgIpc) is 3.62. The molecule has 53 heavy (non-hydrogen) atoms. The van der Waals surface area contributed by atoms with E-state index in [2.05, 4.69) is 152 Å². The molecule has 248 valence electrons. The predicted molar refractivity (Wildman–Crippen MR) is 223 cm³/mol. The summed E-state index contributed by atoms with van der Waals surface area (Å²) in [6.45, 7) is 0. The number of benzene rings is 8. The monoisotopic (exact) mass is 693 g/mol. The van der Waals surface area contributed by atoms with E-state index in [9.17, 15) is 0 Å². The third-order valence-electron chi connectivity index (χ3n) is 9.91. The van der Waals surface area contributed by atoms with Gasteiger partial charge in [-0.3, -0.25) is 0 Å². The Kier molecular flexibility index (Phi) is 7.67. The van der Waals surface area contributed by atoms with Gasteiger partial charge in [-0.2, -0.15) is 0 Å². The van der Waals surface area contributed by atoms with Gasteiger partial charge >= 0.3 is 0 Å². The fraction of sp³-hybridized carbons (Fsp3) is 0. The minimum absolute atomic E-state index is 0.660. The smallest absolute Gasteiger partial charge is 0.164 e. The van der Waals surface area contributed by atoms with Gasteiger partial charge in [0.05, 0.1) is 0 Å². The third-order valence-corrected chi connectivity index (χ3v) is 11.0. The molecule has 2 aromatic heterocycles. The molecular weight excluding hydrogens is 663 g/mol. The van der Waals surface area contributed by atoms with Gasteiger partial charge in [0.25, 0.3) is 0 Å². The molecule has 0 spiro atoms. The minimum atomic E-state index is 0.660. The highest BCUT2D eigenvalue weighted by Crippen LogP contribution is 2.42. The molecule has 0 saturated carbocycles. The average molecular weight is 694 g/mol. The van der Waals surface area contributed by atoms with E-state index in [0.29, 0.717) is 17.5 Å². The minimum Gasteiger partial charge on any atom is -0.208 e. The van der Waals surface area contributed by atoms with Crippen LogP contribution in [0.1, 0.15) is 0 Å². The van der Waals surface area contributed by atoms with Crippen molar-refractivity contribution in [1.82, 2.24) is 15.0 Å². The van der Waals surface area contributed by atoms with E-state index in [0.717, 1.165) is 22.1 Å². The maximum absolute atomic E-state index is 5.09. The first-order valence-corrected chi connectivity index (χ1v) is 18.6. The summed E-state index contributed by atoms with van der Waals surface area (Å²) in [6, 6.07) is 66.5. The van der Waals surface area contributed by atoms with Gasteiger partial charge in [0.2, 0.25) is 0 Å². The van der Waals surface area contributed by atoms with Crippen molar-refractivity contribution in [1.29, 1.82) is 0 Å². The molecule has 0 bridgehead atoms. The van der Waals surface area contributed by atoms with Gasteiger partial charge in [-0.15, -0.1) is 11.3 Å². The molecule has 0 fully saturated rings. The molecule has 10 aromatic rings. The largest absolute Gasteiger partial charge is 0.208 e. The fourth-order valence-corrected chi connectivity index (χ4v) is 8.36. The lowest BCUT2D eigenvalue weighted by atomic mass is 9.95. The van der Waals surface area contributed by atoms with Crippen LogP contribution in [0, 0.1) is 0 Å². The number of thiophene rings is 1. The lowest BCUT2D eigenvalue weighted by Crippen LogP contribution is -2.00. The van der Waals surface area contributed by atoms with Gasteiger partial charge < -0.3 is 0 Å². The first-order valence-electron chi connectivity index (χ1n) is 17.8. The maximum atomic E-state index is 5.09. The fourth-order valence-electron chi connectivity index (χ4n) is 7.25. The van der Waals surface area contributed by atoms with Crippen molar-refractivity contribution >= 4 is 42.3 Å². The molecule has 3 nitrogen and oxygen atoms in total. The second-order valence-corrected chi connectivity index (χ2v) is 14.3. The van der Waals surface area contributed by atoms with E-state index >= 15 is 0 Å². The summed E-state index contributed by atoms with van der Waals surface area (Å²) in [6.07, 6.45) is 0. The first-order chi connectivity index (χ1) is 26.2. The van der Waals surface area contributed by atoms with E-state index < -0.39 is 0 Å². The molecular formula is C49H31N3S. The summed E-state index contributed by atoms with van der Waals surface area (Å²) in [5, 5.41) is 4.87. The lowest BCUT2D eigenvalue weighted by molar-refractivity contribution is 1.08. The lowest BCUT2D eigenvalue weighted by Gasteiger charge is -2.10. The number of hydrogen-bond acceptors (Lipinski definition) is 4. The van der Waals surface area contributed by atoms with Crippen LogP contribution in [0.2, 0.25) is 0 Å². The Labute approximate surface area is 311 Å². The van der Waals surface area contributed by atoms with Crippen molar-refractivity contribution in [2.75, 3.05) is 0 Å². The Balaban J connectivity index is 1.07. The predicted octanol–water partition coefficient (Wildman–Crippen LogP) is 13.4. The summed E-state index contributed by atoms with van der Waals surface area (Å²) in [4.78, 5) is 15.1. The Morgan fingerprint density at radius 3 is 1.43 bits per heavy atom. The zero-order valence-corrected chi connectivity index (χ0v) is 29.5. The van der Waals surface area contributed by atoms with E-state index in [1.54, 1.807) is 11.3 Å². The standard InChI is InChI=1S/C49H31N3S/c1-3-13-33(14-4-1)47-50-48(34-15-5-2-6-16-34)52-49(51-47)42-22-11-23-45-46(42)43-31-41(26-27-44(43)53-45)39-21-10-19-37(30-39)36-18-9-20-38(29-36)40-25-24-32-12-7-8-17-35(32)28-40/h1-31H. The topological polar surface area (TPSA) is 38.7 Å². The van der Waals surface area contributed by atoms with Crippen molar-refractivity contribution in [3.8, 4) is 67.5 Å². The molecule has 8 aromatic carbocycles. The van der Waals surface area contributed by atoms with Crippen LogP contribution in [0.15, 0.2) is 188 Å². The Morgan fingerprint density at radius 1 is 0.302 bits per heavy atom. The number of nitrogens with zero attached hydrogens (tertiary/aromatic N) is 3. The van der Waals surface area contributed by atoms with Crippen molar-refractivity contribution < 1.29 is 0 Å². The summed E-state index contributed by atoms with van der Waals surface area (Å²) in [5.41, 5.74) is 10.1. The Bertz CT molecular complexity index is 2890. The summed E-state index contributed by atoms with van der Waals surface area (Å²) >= 11 is 1.80. The molecule has 0 N–H and O–H groups in total. The maximum Gasteiger partial charge on any atom is 0.164 e. The molecule has 0 aliphatic heterocycles. The summed E-state index contributed by atoms with van der Waals surface area (Å²) in [5.74, 6) is 1.99. The summed E-state index contributed by atoms with van der Waals surface area (Å²) < 4.78 is 2.44. The molecule has 4 heteroatoms. The van der Waals surface area contributed by atoms with Gasteiger partial charge in [0.15, 0.2) is 17.5 Å². The Morgan fingerprint density at radius 2 is 0.792 bits per heavy atom. The van der Waals surface area contributed by atoms with E-state index in [-0.39, 0.29) is 0 Å². The van der Waals surface area contributed by atoms with Crippen LogP contribution in [0.3, 0.4) is 0 Å². The molecule has 2 heterocycles.